The van der Waals surface area contributed by atoms with Gasteiger partial charge in [0.25, 0.3) is 0 Å². The molecule has 13 heteroatoms. The lowest BCUT2D eigenvalue weighted by molar-refractivity contribution is 0.0122. The van der Waals surface area contributed by atoms with Gasteiger partial charge in [-0.3, -0.25) is 9.80 Å². The first kappa shape index (κ1) is 34.4. The van der Waals surface area contributed by atoms with Crippen molar-refractivity contribution in [3.63, 3.8) is 0 Å². The number of hydrogen-bond donors (Lipinski definition) is 0. The van der Waals surface area contributed by atoms with Crippen molar-refractivity contribution in [1.29, 1.82) is 0 Å². The van der Waals surface area contributed by atoms with Crippen LogP contribution in [0.15, 0.2) is 34.8 Å². The topological polar surface area (TPSA) is 89.5 Å². The minimum atomic E-state index is -0.754. The first-order chi connectivity index (χ1) is 23.4. The van der Waals surface area contributed by atoms with Crippen LogP contribution >= 0.6 is 27.5 Å². The number of nitrogens with zero attached hydrogens (tertiary/aromatic N) is 5. The minimum absolute atomic E-state index is 0.0192. The monoisotopic (exact) mass is 759 g/mol. The fourth-order valence-corrected chi connectivity index (χ4v) is 7.91. The van der Waals surface area contributed by atoms with E-state index in [1.54, 1.807) is 7.11 Å². The zero-order valence-corrected chi connectivity index (χ0v) is 30.9. The number of methoxy groups -OCH3 is 1. The second-order valence-electron chi connectivity index (χ2n) is 15.0. The molecule has 2 unspecified atom stereocenters. The number of carbonyl (C=O) groups excluding carboxylic acids is 1. The van der Waals surface area contributed by atoms with Gasteiger partial charge in [0, 0.05) is 43.5 Å². The van der Waals surface area contributed by atoms with Gasteiger partial charge in [-0.25, -0.2) is 9.18 Å². The summed E-state index contributed by atoms with van der Waals surface area (Å²) in [6.07, 6.45) is 3.37. The summed E-state index contributed by atoms with van der Waals surface area (Å²) in [5.74, 6) is 1.95. The summed E-state index contributed by atoms with van der Waals surface area (Å²) in [5, 5.41) is 1.21. The van der Waals surface area contributed by atoms with Crippen molar-refractivity contribution >= 4 is 50.3 Å². The maximum Gasteiger partial charge on any atom is 0.410 e. The second kappa shape index (κ2) is 13.6. The number of amides is 1. The molecule has 49 heavy (non-hydrogen) atoms. The minimum Gasteiger partial charge on any atom is -0.497 e. The summed E-state index contributed by atoms with van der Waals surface area (Å²) < 4.78 is 38.5. The van der Waals surface area contributed by atoms with Crippen LogP contribution < -0.4 is 19.1 Å². The fraction of sp³-hybridized carbons (Fsp3) is 0.583. The molecule has 4 heterocycles. The van der Waals surface area contributed by atoms with Gasteiger partial charge in [0.05, 0.1) is 35.3 Å². The first-order valence-electron chi connectivity index (χ1n) is 17.1. The molecule has 264 valence electrons. The molecule has 3 atom stereocenters. The highest BCUT2D eigenvalue weighted by Gasteiger charge is 2.47. The Morgan fingerprint density at radius 3 is 2.39 bits per heavy atom. The number of halogens is 3. The predicted molar refractivity (Wildman–Crippen MR) is 190 cm³/mol. The van der Waals surface area contributed by atoms with Gasteiger partial charge in [-0.15, -0.1) is 0 Å². The molecule has 2 aromatic carbocycles. The second-order valence-corrected chi connectivity index (χ2v) is 16.2. The van der Waals surface area contributed by atoms with E-state index in [1.807, 2.05) is 56.0 Å². The number of anilines is 1. The molecule has 3 aliphatic heterocycles. The van der Waals surface area contributed by atoms with Crippen molar-refractivity contribution in [2.24, 2.45) is 5.41 Å². The van der Waals surface area contributed by atoms with Gasteiger partial charge >= 0.3 is 12.1 Å². The summed E-state index contributed by atoms with van der Waals surface area (Å²) in [4.78, 5) is 29.5. The highest BCUT2D eigenvalue weighted by atomic mass is 79.9. The molecule has 2 bridgehead atoms. The van der Waals surface area contributed by atoms with Crippen LogP contribution in [0, 0.1) is 5.41 Å². The number of piperazine rings is 1. The molecule has 1 aromatic heterocycles. The molecule has 7 rings (SSSR count). The third kappa shape index (κ3) is 7.51. The van der Waals surface area contributed by atoms with Crippen LogP contribution in [0.5, 0.6) is 17.5 Å². The predicted octanol–water partition coefficient (Wildman–Crippen LogP) is 7.42. The number of fused-ring (bicyclic) bond motifs is 3. The summed E-state index contributed by atoms with van der Waals surface area (Å²) in [5.41, 5.74) is 0.927. The number of hydrogen-bond acceptors (Lipinski definition) is 9. The van der Waals surface area contributed by atoms with Crippen LogP contribution in [0.2, 0.25) is 5.02 Å². The number of rotatable bonds is 10. The number of carbonyl (C=O) groups is 1. The molecule has 0 radical (unpaired) electrons. The Hall–Kier alpha value is -3.09. The molecule has 10 nitrogen and oxygen atoms in total. The van der Waals surface area contributed by atoms with Crippen LogP contribution in [0.1, 0.15) is 58.4 Å². The van der Waals surface area contributed by atoms with Crippen LogP contribution in [0.25, 0.3) is 10.9 Å². The molecular formula is C36H44BrClFN5O5. The van der Waals surface area contributed by atoms with Gasteiger partial charge in [0.15, 0.2) is 5.75 Å². The Morgan fingerprint density at radius 1 is 1.06 bits per heavy atom. The van der Waals surface area contributed by atoms with E-state index in [1.165, 1.54) is 0 Å². The maximum atomic E-state index is 13.9. The van der Waals surface area contributed by atoms with Crippen molar-refractivity contribution in [3.8, 4) is 17.5 Å². The van der Waals surface area contributed by atoms with E-state index in [-0.39, 0.29) is 36.2 Å². The Labute approximate surface area is 300 Å². The quantitative estimate of drug-likeness (QED) is 0.210. The van der Waals surface area contributed by atoms with E-state index in [0.717, 1.165) is 55.5 Å². The van der Waals surface area contributed by atoms with Gasteiger partial charge in [0.1, 0.15) is 35.5 Å². The standard InChI is InChI=1S/C36H44BrClFN5O5/c1-35(2,3)49-34(45)44-24-7-8-25(44)18-43(17-24)32-27-15-28(38)29(37)31(47-19-22-5-9-26(46-4)10-6-22)30(27)40-33(41-32)48-21-36(12-13-36)20-42-14-11-23(39)16-42/h5-6,9-10,15,23-25H,7-8,11-14,16-21H2,1-4H3/t23-,24?,25?/m1/s1. The third-order valence-electron chi connectivity index (χ3n) is 9.97. The van der Waals surface area contributed by atoms with E-state index >= 15 is 0 Å². The summed E-state index contributed by atoms with van der Waals surface area (Å²) in [6, 6.07) is 9.78. The molecule has 1 amide bonds. The van der Waals surface area contributed by atoms with Crippen LogP contribution in [0.3, 0.4) is 0 Å². The lowest BCUT2D eigenvalue weighted by Crippen LogP contribution is -2.57. The summed E-state index contributed by atoms with van der Waals surface area (Å²) in [7, 11) is 1.64. The molecule has 1 aliphatic carbocycles. The fourth-order valence-electron chi connectivity index (χ4n) is 7.30. The van der Waals surface area contributed by atoms with Crippen molar-refractivity contribution in [2.45, 2.75) is 83.3 Å². The Bertz CT molecular complexity index is 1690. The number of likely N-dealkylation sites (tertiary alicyclic amines) is 1. The van der Waals surface area contributed by atoms with Gasteiger partial charge in [0.2, 0.25) is 0 Å². The van der Waals surface area contributed by atoms with E-state index in [4.69, 9.17) is 40.5 Å². The lowest BCUT2D eigenvalue weighted by Gasteiger charge is -2.42. The Balaban J connectivity index is 1.21. The molecule has 4 aliphatic rings. The average Bonchev–Trinajstić information content (AvgIpc) is 3.62. The molecule has 0 N–H and O–H groups in total. The van der Waals surface area contributed by atoms with E-state index in [9.17, 15) is 9.18 Å². The molecule has 3 saturated heterocycles. The van der Waals surface area contributed by atoms with E-state index < -0.39 is 11.8 Å². The highest BCUT2D eigenvalue weighted by Crippen LogP contribution is 2.48. The zero-order valence-electron chi connectivity index (χ0n) is 28.5. The third-order valence-corrected chi connectivity index (χ3v) is 11.3. The summed E-state index contributed by atoms with van der Waals surface area (Å²) in [6.45, 7) is 9.64. The van der Waals surface area contributed by atoms with Gasteiger partial charge < -0.3 is 23.8 Å². The molecule has 3 aromatic rings. The van der Waals surface area contributed by atoms with Gasteiger partial charge in [-0.2, -0.15) is 9.97 Å². The normalized spacial score (nSPS) is 23.2. The largest absolute Gasteiger partial charge is 0.497 e. The lowest BCUT2D eigenvalue weighted by atomic mass is 10.1. The summed E-state index contributed by atoms with van der Waals surface area (Å²) >= 11 is 10.5. The van der Waals surface area contributed by atoms with Crippen molar-refractivity contribution < 1.29 is 28.1 Å². The van der Waals surface area contributed by atoms with Crippen molar-refractivity contribution in [2.75, 3.05) is 51.3 Å². The smallest absolute Gasteiger partial charge is 0.410 e. The van der Waals surface area contributed by atoms with E-state index in [2.05, 4.69) is 25.7 Å². The number of benzene rings is 2. The van der Waals surface area contributed by atoms with Crippen molar-refractivity contribution in [1.82, 2.24) is 19.8 Å². The van der Waals surface area contributed by atoms with Crippen LogP contribution in [-0.2, 0) is 11.3 Å². The molecule has 4 fully saturated rings. The van der Waals surface area contributed by atoms with Gasteiger partial charge in [-0.05, 0) is 92.6 Å². The Morgan fingerprint density at radius 2 is 1.78 bits per heavy atom. The maximum absolute atomic E-state index is 13.9. The molecule has 1 saturated carbocycles. The zero-order chi connectivity index (χ0) is 34.5. The van der Waals surface area contributed by atoms with Crippen LogP contribution in [0.4, 0.5) is 15.0 Å². The number of alkyl halides is 1. The molecule has 0 spiro atoms. The Kier molecular flexibility index (Phi) is 9.51. The number of aromatic nitrogens is 2. The number of ether oxygens (including phenoxy) is 4. The van der Waals surface area contributed by atoms with E-state index in [0.29, 0.717) is 59.2 Å². The SMILES string of the molecule is COc1ccc(COc2c(Br)c(Cl)cc3c(N4CC5CCC(C4)N5C(=O)OC(C)(C)C)nc(OCC4(CN5CC[C@@H](F)C5)CC4)nc23)cc1. The average molecular weight is 761 g/mol. The first-order valence-corrected chi connectivity index (χ1v) is 18.3. The molecular weight excluding hydrogens is 717 g/mol. The van der Waals surface area contributed by atoms with Crippen LogP contribution in [-0.4, -0.2) is 96.2 Å². The van der Waals surface area contributed by atoms with Gasteiger partial charge in [-0.1, -0.05) is 23.7 Å². The highest BCUT2D eigenvalue weighted by molar-refractivity contribution is 9.10. The van der Waals surface area contributed by atoms with Crippen molar-refractivity contribution in [3.05, 3.63) is 45.4 Å².